The van der Waals surface area contributed by atoms with Crippen molar-refractivity contribution >= 4 is 29.3 Å². The van der Waals surface area contributed by atoms with E-state index in [2.05, 4.69) is 26.1 Å². The second-order valence-electron chi connectivity index (χ2n) is 8.81. The normalized spacial score (nSPS) is 12.9. The van der Waals surface area contributed by atoms with E-state index in [4.69, 9.17) is 16.3 Å². The van der Waals surface area contributed by atoms with Gasteiger partial charge in [0, 0.05) is 30.2 Å². The maximum atomic E-state index is 12.5. The van der Waals surface area contributed by atoms with Gasteiger partial charge in [0.15, 0.2) is 0 Å². The zero-order chi connectivity index (χ0) is 23.9. The Morgan fingerprint density at radius 3 is 2.50 bits per heavy atom. The molecule has 0 saturated heterocycles. The number of rotatable bonds is 4. The monoisotopic (exact) mass is 460 g/mol. The molecule has 1 heterocycles. The molecular formula is C25H33ClN2O4. The van der Waals surface area contributed by atoms with E-state index in [9.17, 15) is 14.7 Å². The maximum absolute atomic E-state index is 12.5. The number of phenols is 1. The lowest BCUT2D eigenvalue weighted by Crippen LogP contribution is -2.37. The molecule has 0 aromatic heterocycles. The van der Waals surface area contributed by atoms with Crippen LogP contribution in [0.3, 0.4) is 0 Å². The van der Waals surface area contributed by atoms with E-state index in [0.717, 1.165) is 17.5 Å². The molecule has 174 valence electrons. The second-order valence-corrected chi connectivity index (χ2v) is 9.24. The van der Waals surface area contributed by atoms with Crippen LogP contribution in [0.1, 0.15) is 57.7 Å². The molecule has 2 N–H and O–H groups in total. The Bertz CT molecular complexity index is 933. The van der Waals surface area contributed by atoms with E-state index in [1.165, 1.54) is 12.1 Å². The molecule has 0 bridgehead atoms. The van der Waals surface area contributed by atoms with Gasteiger partial charge in [-0.05, 0) is 58.9 Å². The highest BCUT2D eigenvalue weighted by molar-refractivity contribution is 6.30. The first-order chi connectivity index (χ1) is 15.1. The number of hydrogen-bond acceptors (Lipinski definition) is 4. The number of nitrogens with one attached hydrogen (secondary N) is 1. The van der Waals surface area contributed by atoms with Crippen molar-refractivity contribution in [2.75, 3.05) is 11.9 Å². The summed E-state index contributed by atoms with van der Waals surface area (Å²) in [5, 5.41) is 12.6. The van der Waals surface area contributed by atoms with Crippen LogP contribution >= 0.6 is 11.6 Å². The van der Waals surface area contributed by atoms with E-state index in [-0.39, 0.29) is 23.7 Å². The molecule has 3 rings (SSSR count). The number of carbonyl (C=O) groups excluding carboxylic acids is 2. The molecule has 0 fully saturated rings. The van der Waals surface area contributed by atoms with Crippen LogP contribution in [0, 0.1) is 5.41 Å². The topological polar surface area (TPSA) is 78.9 Å². The average molecular weight is 461 g/mol. The van der Waals surface area contributed by atoms with E-state index in [1.807, 2.05) is 36.9 Å². The lowest BCUT2D eigenvalue weighted by atomic mass is 9.90. The summed E-state index contributed by atoms with van der Waals surface area (Å²) in [5.74, 6) is 0.192. The lowest BCUT2D eigenvalue weighted by Gasteiger charge is -2.31. The van der Waals surface area contributed by atoms with Gasteiger partial charge in [0.2, 0.25) is 5.91 Å². The molecule has 0 saturated carbocycles. The Balaban J connectivity index is 0.00000176. The highest BCUT2D eigenvalue weighted by atomic mass is 35.5. The SMILES string of the molecule is CC.CC(C)(C)CC(=O)N1CCc2cc(NC(=O)OCc3cc(O)cc(Cl)c3)ccc2C1. The van der Waals surface area contributed by atoms with Gasteiger partial charge in [-0.3, -0.25) is 10.1 Å². The minimum atomic E-state index is -0.591. The van der Waals surface area contributed by atoms with Gasteiger partial charge in [0.05, 0.1) is 0 Å². The molecule has 2 aromatic carbocycles. The van der Waals surface area contributed by atoms with Crippen LogP contribution in [0.5, 0.6) is 5.75 Å². The summed E-state index contributed by atoms with van der Waals surface area (Å²) in [6, 6.07) is 10.2. The highest BCUT2D eigenvalue weighted by Crippen LogP contribution is 2.26. The molecule has 6 nitrogen and oxygen atoms in total. The summed E-state index contributed by atoms with van der Waals surface area (Å²) < 4.78 is 5.21. The predicted octanol–water partition coefficient (Wildman–Crippen LogP) is 6.14. The first-order valence-electron chi connectivity index (χ1n) is 10.9. The van der Waals surface area contributed by atoms with Gasteiger partial charge in [-0.25, -0.2) is 4.79 Å². The Morgan fingerprint density at radius 1 is 1.12 bits per heavy atom. The molecule has 2 amide bonds. The number of anilines is 1. The molecular weight excluding hydrogens is 428 g/mol. The van der Waals surface area contributed by atoms with E-state index in [1.54, 1.807) is 6.07 Å². The molecule has 0 atom stereocenters. The van der Waals surface area contributed by atoms with Crippen molar-refractivity contribution in [3.63, 3.8) is 0 Å². The molecule has 2 aromatic rings. The van der Waals surface area contributed by atoms with Crippen molar-refractivity contribution in [2.45, 2.75) is 60.6 Å². The fourth-order valence-corrected chi connectivity index (χ4v) is 3.68. The zero-order valence-electron chi connectivity index (χ0n) is 19.5. The number of halogens is 1. The van der Waals surface area contributed by atoms with Crippen molar-refractivity contribution in [2.24, 2.45) is 5.41 Å². The third-order valence-corrected chi connectivity index (χ3v) is 5.03. The standard InChI is InChI=1S/C23H27ClN2O4.C2H6/c1-23(2,3)12-21(28)26-7-6-16-10-19(5-4-17(16)13-26)25-22(29)30-14-15-8-18(24)11-20(27)9-15;1-2/h4-5,8-11,27H,6-7,12-14H2,1-3H3,(H,25,29);1-2H3. The Labute approximate surface area is 195 Å². The van der Waals surface area contributed by atoms with Crippen LogP contribution in [0.25, 0.3) is 0 Å². The van der Waals surface area contributed by atoms with Crippen molar-refractivity contribution in [3.8, 4) is 5.75 Å². The molecule has 32 heavy (non-hydrogen) atoms. The van der Waals surface area contributed by atoms with E-state index in [0.29, 0.717) is 35.8 Å². The first kappa shape index (κ1) is 25.5. The number of amides is 2. The predicted molar refractivity (Wildman–Crippen MR) is 128 cm³/mol. The van der Waals surface area contributed by atoms with Gasteiger partial charge in [0.25, 0.3) is 0 Å². The quantitative estimate of drug-likeness (QED) is 0.574. The fraction of sp³-hybridized carbons (Fsp3) is 0.440. The summed E-state index contributed by atoms with van der Waals surface area (Å²) in [7, 11) is 0. The molecule has 1 aliphatic heterocycles. The van der Waals surface area contributed by atoms with Crippen molar-refractivity contribution in [3.05, 3.63) is 58.1 Å². The van der Waals surface area contributed by atoms with Crippen LogP contribution in [0.2, 0.25) is 5.02 Å². The fourth-order valence-electron chi connectivity index (χ4n) is 3.43. The van der Waals surface area contributed by atoms with Crippen molar-refractivity contribution < 1.29 is 19.4 Å². The maximum Gasteiger partial charge on any atom is 0.411 e. The zero-order valence-corrected chi connectivity index (χ0v) is 20.3. The number of hydrogen-bond donors (Lipinski definition) is 2. The van der Waals surface area contributed by atoms with E-state index < -0.39 is 6.09 Å². The van der Waals surface area contributed by atoms with Crippen LogP contribution in [0.15, 0.2) is 36.4 Å². The van der Waals surface area contributed by atoms with Gasteiger partial charge >= 0.3 is 6.09 Å². The third kappa shape index (κ3) is 7.75. The Kier molecular flexibility index (Phi) is 8.96. The summed E-state index contributed by atoms with van der Waals surface area (Å²) >= 11 is 5.88. The van der Waals surface area contributed by atoms with Crippen LogP contribution in [-0.4, -0.2) is 28.6 Å². The number of fused-ring (bicyclic) bond motifs is 1. The number of benzene rings is 2. The van der Waals surface area contributed by atoms with Crippen LogP contribution in [-0.2, 0) is 29.1 Å². The second kappa shape index (κ2) is 11.2. The van der Waals surface area contributed by atoms with Crippen LogP contribution in [0.4, 0.5) is 10.5 Å². The number of phenolic OH excluding ortho intramolecular Hbond substituents is 1. The molecule has 0 unspecified atom stereocenters. The summed E-state index contributed by atoms with van der Waals surface area (Å²) in [4.78, 5) is 26.5. The number of aromatic hydroxyl groups is 1. The minimum Gasteiger partial charge on any atom is -0.508 e. The molecule has 0 radical (unpaired) electrons. The van der Waals surface area contributed by atoms with Crippen LogP contribution < -0.4 is 5.32 Å². The largest absolute Gasteiger partial charge is 0.508 e. The van der Waals surface area contributed by atoms with Gasteiger partial charge in [-0.15, -0.1) is 0 Å². The number of carbonyl (C=O) groups is 2. The highest BCUT2D eigenvalue weighted by Gasteiger charge is 2.24. The van der Waals surface area contributed by atoms with Crippen molar-refractivity contribution in [1.82, 2.24) is 4.90 Å². The Hall–Kier alpha value is -2.73. The summed E-state index contributed by atoms with van der Waals surface area (Å²) in [6.45, 7) is 11.5. The van der Waals surface area contributed by atoms with Gasteiger partial charge in [0.1, 0.15) is 12.4 Å². The van der Waals surface area contributed by atoms with Gasteiger partial charge < -0.3 is 14.7 Å². The van der Waals surface area contributed by atoms with Crippen molar-refractivity contribution in [1.29, 1.82) is 0 Å². The van der Waals surface area contributed by atoms with Gasteiger partial charge in [-0.2, -0.15) is 0 Å². The molecule has 1 aliphatic rings. The number of ether oxygens (including phenoxy) is 1. The lowest BCUT2D eigenvalue weighted by molar-refractivity contribution is -0.134. The summed E-state index contributed by atoms with van der Waals surface area (Å²) in [6.07, 6.45) is 0.683. The number of nitrogens with zero attached hydrogens (tertiary/aromatic N) is 1. The third-order valence-electron chi connectivity index (χ3n) is 4.81. The minimum absolute atomic E-state index is 0.00422. The Morgan fingerprint density at radius 2 is 1.84 bits per heavy atom. The average Bonchev–Trinajstić information content (AvgIpc) is 2.71. The smallest absolute Gasteiger partial charge is 0.411 e. The van der Waals surface area contributed by atoms with E-state index >= 15 is 0 Å². The molecule has 7 heteroatoms. The first-order valence-corrected chi connectivity index (χ1v) is 11.3. The molecule has 0 spiro atoms. The van der Waals surface area contributed by atoms with Gasteiger partial charge in [-0.1, -0.05) is 52.3 Å². The summed E-state index contributed by atoms with van der Waals surface area (Å²) in [5.41, 5.74) is 3.42. The molecule has 0 aliphatic carbocycles.